The summed E-state index contributed by atoms with van der Waals surface area (Å²) >= 11 is 0. The van der Waals surface area contributed by atoms with Gasteiger partial charge in [0.05, 0.1) is 5.39 Å². The molecule has 180 valence electrons. The Balaban J connectivity index is 1.59. The first-order valence-electron chi connectivity index (χ1n) is 11.0. The van der Waals surface area contributed by atoms with Gasteiger partial charge in [-0.15, -0.1) is 0 Å². The van der Waals surface area contributed by atoms with Crippen molar-refractivity contribution < 1.29 is 14.2 Å². The Morgan fingerprint density at radius 1 is 1.14 bits per heavy atom. The van der Waals surface area contributed by atoms with Crippen LogP contribution in [0.5, 0.6) is 11.5 Å². The maximum atomic E-state index is 14.0. The summed E-state index contributed by atoms with van der Waals surface area (Å²) in [6.07, 6.45) is 2.24. The number of nitrogens with one attached hydrogen (secondary N) is 2. The summed E-state index contributed by atoms with van der Waals surface area (Å²) in [4.78, 5) is 12.8. The van der Waals surface area contributed by atoms with Crippen LogP contribution in [0.15, 0.2) is 96.4 Å². The first-order chi connectivity index (χ1) is 17.4. The number of rotatable bonds is 7. The highest BCUT2D eigenvalue weighted by molar-refractivity contribution is 6.02. The summed E-state index contributed by atoms with van der Waals surface area (Å²) in [5, 5.41) is 19.7. The molecule has 0 aliphatic carbocycles. The number of halogens is 1. The number of nitrogen functional groups attached to an aromatic ring is 1. The van der Waals surface area contributed by atoms with E-state index in [2.05, 4.69) is 22.1 Å². The number of aromatic amines is 1. The van der Waals surface area contributed by atoms with Crippen molar-refractivity contribution in [2.24, 2.45) is 0 Å². The molecule has 0 saturated carbocycles. The molecule has 0 spiro atoms. The van der Waals surface area contributed by atoms with Gasteiger partial charge in [-0.05, 0) is 54.1 Å². The Labute approximate surface area is 205 Å². The molecule has 0 fully saturated rings. The van der Waals surface area contributed by atoms with Gasteiger partial charge >= 0.3 is 0 Å². The fourth-order valence-corrected chi connectivity index (χ4v) is 3.96. The van der Waals surface area contributed by atoms with Crippen molar-refractivity contribution in [1.29, 1.82) is 0 Å². The zero-order valence-corrected chi connectivity index (χ0v) is 19.0. The third-order valence-corrected chi connectivity index (χ3v) is 5.65. The minimum absolute atomic E-state index is 0.122. The zero-order chi connectivity index (χ0) is 25.2. The molecule has 2 aromatic heterocycles. The molecule has 5 N–H and O–H groups in total. The number of hydrogen-bond donors (Lipinski definition) is 4. The number of anilines is 2. The summed E-state index contributed by atoms with van der Waals surface area (Å²) in [7, 11) is 0. The Bertz CT molecular complexity index is 1630. The number of aromatic nitrogens is 3. The maximum Gasteiger partial charge on any atom is 0.289 e. The van der Waals surface area contributed by atoms with E-state index in [0.29, 0.717) is 33.6 Å². The van der Waals surface area contributed by atoms with E-state index in [4.69, 9.17) is 10.5 Å². The summed E-state index contributed by atoms with van der Waals surface area (Å²) in [6, 6.07) is 20.4. The van der Waals surface area contributed by atoms with Crippen LogP contribution in [0.3, 0.4) is 0 Å². The Morgan fingerprint density at radius 2 is 1.92 bits per heavy atom. The van der Waals surface area contributed by atoms with Gasteiger partial charge in [-0.2, -0.15) is 5.10 Å². The highest BCUT2D eigenvalue weighted by Crippen LogP contribution is 2.35. The minimum Gasteiger partial charge on any atom is -0.454 e. The van der Waals surface area contributed by atoms with Crippen molar-refractivity contribution in [2.75, 3.05) is 11.1 Å². The molecule has 3 aromatic carbocycles. The molecule has 0 radical (unpaired) electrons. The van der Waals surface area contributed by atoms with Crippen molar-refractivity contribution in [2.45, 2.75) is 6.23 Å². The van der Waals surface area contributed by atoms with E-state index in [1.807, 2.05) is 6.07 Å². The molecule has 8 nitrogen and oxygen atoms in total. The number of hydrogen-bond acceptors (Lipinski definition) is 6. The number of aliphatic hydroxyl groups excluding tert-OH is 1. The van der Waals surface area contributed by atoms with Crippen LogP contribution in [0, 0.1) is 5.82 Å². The summed E-state index contributed by atoms with van der Waals surface area (Å²) in [6.45, 7) is 3.56. The van der Waals surface area contributed by atoms with E-state index in [9.17, 15) is 14.3 Å². The SMILES string of the molecule is C=CC(O)Nc1cccc(-n2cc(-c3ccc(Oc4ccccc4F)cc3)c3c(N)n[nH]c(=O)c32)c1. The molecule has 0 amide bonds. The van der Waals surface area contributed by atoms with Crippen molar-refractivity contribution in [3.63, 3.8) is 0 Å². The molecule has 0 aliphatic heterocycles. The number of para-hydroxylation sites is 1. The van der Waals surface area contributed by atoms with E-state index in [0.717, 1.165) is 5.56 Å². The molecule has 0 bridgehead atoms. The van der Waals surface area contributed by atoms with Gasteiger partial charge in [-0.1, -0.05) is 36.9 Å². The summed E-state index contributed by atoms with van der Waals surface area (Å²) < 4.78 is 21.3. The van der Waals surface area contributed by atoms with Crippen LogP contribution in [-0.4, -0.2) is 26.1 Å². The average molecular weight is 484 g/mol. The Morgan fingerprint density at radius 3 is 2.67 bits per heavy atom. The summed E-state index contributed by atoms with van der Waals surface area (Å²) in [5.74, 6) is 0.287. The first kappa shape index (κ1) is 22.9. The van der Waals surface area contributed by atoms with Gasteiger partial charge in [0.15, 0.2) is 17.4 Å². The third kappa shape index (κ3) is 4.30. The second-order valence-electron chi connectivity index (χ2n) is 8.01. The van der Waals surface area contributed by atoms with E-state index in [1.54, 1.807) is 71.4 Å². The number of aliphatic hydroxyl groups is 1. The van der Waals surface area contributed by atoms with Gasteiger partial charge in [0.1, 0.15) is 17.5 Å². The lowest BCUT2D eigenvalue weighted by Crippen LogP contribution is -2.15. The smallest absolute Gasteiger partial charge is 0.289 e. The van der Waals surface area contributed by atoms with Crippen LogP contribution >= 0.6 is 0 Å². The highest BCUT2D eigenvalue weighted by atomic mass is 19.1. The number of fused-ring (bicyclic) bond motifs is 1. The number of H-pyrrole nitrogens is 1. The molecule has 36 heavy (non-hydrogen) atoms. The van der Waals surface area contributed by atoms with Crippen molar-refractivity contribution in [3.8, 4) is 28.3 Å². The third-order valence-electron chi connectivity index (χ3n) is 5.65. The minimum atomic E-state index is -0.925. The molecule has 1 atom stereocenters. The molecule has 1 unspecified atom stereocenters. The molecule has 5 rings (SSSR count). The molecule has 0 saturated heterocycles. The van der Waals surface area contributed by atoms with Gasteiger partial charge in [0.25, 0.3) is 5.56 Å². The normalized spacial score (nSPS) is 11.8. The van der Waals surface area contributed by atoms with Gasteiger partial charge < -0.3 is 25.5 Å². The van der Waals surface area contributed by atoms with Crippen LogP contribution in [0.1, 0.15) is 0 Å². The van der Waals surface area contributed by atoms with Crippen LogP contribution in [0.2, 0.25) is 0 Å². The van der Waals surface area contributed by atoms with Crippen LogP contribution in [0.25, 0.3) is 27.7 Å². The van der Waals surface area contributed by atoms with Crippen LogP contribution in [-0.2, 0) is 0 Å². The van der Waals surface area contributed by atoms with E-state index in [-0.39, 0.29) is 11.6 Å². The number of nitrogens with zero attached hydrogens (tertiary/aromatic N) is 2. The lowest BCUT2D eigenvalue weighted by atomic mass is 10.1. The average Bonchev–Trinajstić information content (AvgIpc) is 3.30. The zero-order valence-electron chi connectivity index (χ0n) is 19.0. The van der Waals surface area contributed by atoms with Crippen LogP contribution < -0.4 is 21.3 Å². The number of benzene rings is 3. The van der Waals surface area contributed by atoms with Crippen molar-refractivity contribution >= 4 is 22.4 Å². The van der Waals surface area contributed by atoms with Crippen LogP contribution in [0.4, 0.5) is 15.9 Å². The molecule has 2 heterocycles. The highest BCUT2D eigenvalue weighted by Gasteiger charge is 2.18. The topological polar surface area (TPSA) is 118 Å². The van der Waals surface area contributed by atoms with Gasteiger partial charge in [-0.25, -0.2) is 9.49 Å². The van der Waals surface area contributed by atoms with E-state index < -0.39 is 17.6 Å². The lowest BCUT2D eigenvalue weighted by molar-refractivity contribution is 0.253. The molecule has 5 aromatic rings. The molecule has 0 aliphatic rings. The Kier molecular flexibility index (Phi) is 5.97. The van der Waals surface area contributed by atoms with E-state index in [1.165, 1.54) is 12.1 Å². The largest absolute Gasteiger partial charge is 0.454 e. The maximum absolute atomic E-state index is 14.0. The van der Waals surface area contributed by atoms with Crippen molar-refractivity contribution in [3.05, 3.63) is 108 Å². The van der Waals surface area contributed by atoms with E-state index >= 15 is 0 Å². The molecule has 9 heteroatoms. The predicted octanol–water partition coefficient (Wildman–Crippen LogP) is 4.81. The van der Waals surface area contributed by atoms with Gasteiger partial charge in [-0.3, -0.25) is 4.79 Å². The second-order valence-corrected chi connectivity index (χ2v) is 8.01. The second kappa shape index (κ2) is 9.40. The Hall–Kier alpha value is -4.89. The number of ether oxygens (including phenoxy) is 1. The molecular weight excluding hydrogens is 461 g/mol. The van der Waals surface area contributed by atoms with Crippen molar-refractivity contribution in [1.82, 2.24) is 14.8 Å². The monoisotopic (exact) mass is 483 g/mol. The predicted molar refractivity (Wildman–Crippen MR) is 138 cm³/mol. The standard InChI is InChI=1S/C27H22FN5O3/c1-2-23(34)30-17-6-5-7-18(14-17)33-15-20(24-25(33)27(35)32-31-26(24)29)16-10-12-19(13-11-16)36-22-9-4-3-8-21(22)28/h2-15,23,30,34H,1H2,(H2,29,31)(H,32,35). The summed E-state index contributed by atoms with van der Waals surface area (Å²) in [5.41, 5.74) is 8.86. The molecular formula is C27H22FN5O3. The first-order valence-corrected chi connectivity index (χ1v) is 11.0. The number of nitrogens with two attached hydrogens (primary N) is 1. The fraction of sp³-hybridized carbons (Fsp3) is 0.0370. The fourth-order valence-electron chi connectivity index (χ4n) is 3.96. The lowest BCUT2D eigenvalue weighted by Gasteiger charge is -2.12. The quantitative estimate of drug-likeness (QED) is 0.195. The van der Waals surface area contributed by atoms with Gasteiger partial charge in [0, 0.05) is 23.1 Å². The van der Waals surface area contributed by atoms with Gasteiger partial charge in [0.2, 0.25) is 0 Å².